The number of aromatic nitrogens is 2. The fourth-order valence-corrected chi connectivity index (χ4v) is 1.50. The third-order valence-corrected chi connectivity index (χ3v) is 3.15. The van der Waals surface area contributed by atoms with Crippen molar-refractivity contribution in [1.82, 2.24) is 9.78 Å². The van der Waals surface area contributed by atoms with Gasteiger partial charge in [0.25, 0.3) is 0 Å². The van der Waals surface area contributed by atoms with Crippen LogP contribution in [0.25, 0.3) is 0 Å². The second-order valence-corrected chi connectivity index (χ2v) is 4.28. The van der Waals surface area contributed by atoms with Crippen molar-refractivity contribution in [2.24, 2.45) is 12.5 Å². The molecule has 0 aliphatic rings. The van der Waals surface area contributed by atoms with E-state index in [0.717, 1.165) is 12.8 Å². The Kier molecular flexibility index (Phi) is 3.76. The van der Waals surface area contributed by atoms with E-state index in [1.54, 1.807) is 0 Å². The Balaban J connectivity index is 2.51. The number of allylic oxidation sites excluding steroid dienone is 1. The molecule has 3 heteroatoms. The van der Waals surface area contributed by atoms with Gasteiger partial charge in [0.1, 0.15) is 0 Å². The molecule has 0 radical (unpaired) electrons. The minimum atomic E-state index is 0.0391. The predicted molar refractivity (Wildman–Crippen MR) is 60.6 cm³/mol. The van der Waals surface area contributed by atoms with Gasteiger partial charge in [-0.05, 0) is 23.8 Å². The van der Waals surface area contributed by atoms with Gasteiger partial charge >= 0.3 is 0 Å². The third-order valence-electron chi connectivity index (χ3n) is 2.54. The molecule has 78 valence electrons. The fraction of sp³-hybridized carbons (Fsp3) is 0.545. The number of alkyl halides is 1. The molecule has 0 N–H and O–H groups in total. The van der Waals surface area contributed by atoms with Crippen LogP contribution in [0.1, 0.15) is 18.9 Å². The summed E-state index contributed by atoms with van der Waals surface area (Å²) in [7, 11) is 1.93. The second-order valence-electron chi connectivity index (χ2n) is 4.01. The molecule has 1 heterocycles. The molecule has 0 aliphatic carbocycles. The Morgan fingerprint density at radius 3 is 2.86 bits per heavy atom. The van der Waals surface area contributed by atoms with E-state index in [4.69, 9.17) is 11.6 Å². The SMILES string of the molecule is C=CC(C)(CCl)CCc1cnn(C)c1. The quantitative estimate of drug-likeness (QED) is 0.542. The third kappa shape index (κ3) is 2.88. The first-order chi connectivity index (χ1) is 6.59. The number of halogens is 1. The standard InChI is InChI=1S/C11H17ClN2/c1-4-11(2,9-12)6-5-10-7-13-14(3)8-10/h4,7-8H,1,5-6,9H2,2-3H3. The number of aryl methyl sites for hydroxylation is 2. The monoisotopic (exact) mass is 212 g/mol. The van der Waals surface area contributed by atoms with Crippen molar-refractivity contribution in [1.29, 1.82) is 0 Å². The summed E-state index contributed by atoms with van der Waals surface area (Å²) >= 11 is 5.89. The lowest BCUT2D eigenvalue weighted by atomic mass is 9.87. The van der Waals surface area contributed by atoms with E-state index in [9.17, 15) is 0 Å². The normalized spacial score (nSPS) is 15.1. The molecule has 1 rings (SSSR count). The lowest BCUT2D eigenvalue weighted by Gasteiger charge is -2.21. The van der Waals surface area contributed by atoms with Gasteiger partial charge in [-0.25, -0.2) is 0 Å². The Bertz CT molecular complexity index is 306. The van der Waals surface area contributed by atoms with E-state index in [0.29, 0.717) is 5.88 Å². The first kappa shape index (κ1) is 11.3. The lowest BCUT2D eigenvalue weighted by molar-refractivity contribution is 0.445. The molecule has 1 aromatic rings. The molecule has 0 spiro atoms. The van der Waals surface area contributed by atoms with Gasteiger partial charge in [-0.1, -0.05) is 13.0 Å². The van der Waals surface area contributed by atoms with Gasteiger partial charge in [0, 0.05) is 19.1 Å². The van der Waals surface area contributed by atoms with Crippen LogP contribution < -0.4 is 0 Å². The Morgan fingerprint density at radius 2 is 2.43 bits per heavy atom. The Morgan fingerprint density at radius 1 is 1.71 bits per heavy atom. The molecule has 1 atom stereocenters. The highest BCUT2D eigenvalue weighted by atomic mass is 35.5. The van der Waals surface area contributed by atoms with E-state index in [1.165, 1.54) is 5.56 Å². The smallest absolute Gasteiger partial charge is 0.0521 e. The van der Waals surface area contributed by atoms with E-state index in [-0.39, 0.29) is 5.41 Å². The van der Waals surface area contributed by atoms with E-state index >= 15 is 0 Å². The van der Waals surface area contributed by atoms with Crippen LogP contribution in [-0.2, 0) is 13.5 Å². The zero-order valence-corrected chi connectivity index (χ0v) is 9.59. The average Bonchev–Trinajstić information content (AvgIpc) is 2.61. The first-order valence-corrected chi connectivity index (χ1v) is 5.30. The summed E-state index contributed by atoms with van der Waals surface area (Å²) in [6.07, 6.45) is 7.90. The molecular formula is C11H17ClN2. The average molecular weight is 213 g/mol. The topological polar surface area (TPSA) is 17.8 Å². The van der Waals surface area contributed by atoms with Gasteiger partial charge < -0.3 is 0 Å². The Hall–Kier alpha value is -0.760. The summed E-state index contributed by atoms with van der Waals surface area (Å²) < 4.78 is 1.82. The molecule has 14 heavy (non-hydrogen) atoms. The van der Waals surface area contributed by atoms with Crippen molar-refractivity contribution >= 4 is 11.6 Å². The highest BCUT2D eigenvalue weighted by Crippen LogP contribution is 2.26. The van der Waals surface area contributed by atoms with Crippen LogP contribution in [0.3, 0.4) is 0 Å². The molecule has 1 aromatic heterocycles. The minimum absolute atomic E-state index is 0.0391. The van der Waals surface area contributed by atoms with Crippen LogP contribution in [0.4, 0.5) is 0 Å². The molecule has 0 bridgehead atoms. The maximum absolute atomic E-state index is 5.89. The predicted octanol–water partition coefficient (Wildman–Crippen LogP) is 2.78. The molecule has 1 unspecified atom stereocenters. The molecule has 0 amide bonds. The largest absolute Gasteiger partial charge is 0.276 e. The fourth-order valence-electron chi connectivity index (χ4n) is 1.25. The second kappa shape index (κ2) is 4.65. The maximum atomic E-state index is 5.89. The van der Waals surface area contributed by atoms with Crippen LogP contribution in [0, 0.1) is 5.41 Å². The molecule has 2 nitrogen and oxygen atoms in total. The molecule has 0 saturated heterocycles. The molecule has 0 aromatic carbocycles. The van der Waals surface area contributed by atoms with E-state index in [1.807, 2.05) is 30.2 Å². The van der Waals surface area contributed by atoms with Gasteiger partial charge in [-0.3, -0.25) is 4.68 Å². The highest BCUT2D eigenvalue weighted by Gasteiger charge is 2.18. The van der Waals surface area contributed by atoms with Crippen LogP contribution in [0.2, 0.25) is 0 Å². The van der Waals surface area contributed by atoms with E-state index < -0.39 is 0 Å². The highest BCUT2D eigenvalue weighted by molar-refractivity contribution is 6.18. The number of hydrogen-bond donors (Lipinski definition) is 0. The Labute approximate surface area is 90.6 Å². The molecular weight excluding hydrogens is 196 g/mol. The summed E-state index contributed by atoms with van der Waals surface area (Å²) in [6.45, 7) is 5.94. The van der Waals surface area contributed by atoms with Crippen molar-refractivity contribution in [2.45, 2.75) is 19.8 Å². The summed E-state index contributed by atoms with van der Waals surface area (Å²) in [6, 6.07) is 0. The van der Waals surface area contributed by atoms with Crippen LogP contribution in [-0.4, -0.2) is 15.7 Å². The number of hydrogen-bond acceptors (Lipinski definition) is 1. The van der Waals surface area contributed by atoms with Crippen LogP contribution in [0.15, 0.2) is 25.0 Å². The molecule has 0 saturated carbocycles. The minimum Gasteiger partial charge on any atom is -0.276 e. The van der Waals surface area contributed by atoms with Crippen molar-refractivity contribution < 1.29 is 0 Å². The molecule has 0 fully saturated rings. The molecule has 0 aliphatic heterocycles. The summed E-state index contributed by atoms with van der Waals surface area (Å²) in [5, 5.41) is 4.13. The number of rotatable bonds is 5. The van der Waals surface area contributed by atoms with Gasteiger partial charge in [0.15, 0.2) is 0 Å². The van der Waals surface area contributed by atoms with Crippen molar-refractivity contribution in [3.05, 3.63) is 30.6 Å². The van der Waals surface area contributed by atoms with Crippen molar-refractivity contribution in [3.63, 3.8) is 0 Å². The van der Waals surface area contributed by atoms with Crippen LogP contribution >= 0.6 is 11.6 Å². The van der Waals surface area contributed by atoms with Gasteiger partial charge in [0.2, 0.25) is 0 Å². The first-order valence-electron chi connectivity index (χ1n) is 4.77. The number of nitrogens with zero attached hydrogens (tertiary/aromatic N) is 2. The zero-order chi connectivity index (χ0) is 10.6. The van der Waals surface area contributed by atoms with Crippen LogP contribution in [0.5, 0.6) is 0 Å². The summed E-state index contributed by atoms with van der Waals surface area (Å²) in [5.74, 6) is 0.622. The van der Waals surface area contributed by atoms with Crippen molar-refractivity contribution in [3.8, 4) is 0 Å². The van der Waals surface area contributed by atoms with E-state index in [2.05, 4.69) is 18.6 Å². The van der Waals surface area contributed by atoms with Gasteiger partial charge in [-0.2, -0.15) is 5.10 Å². The van der Waals surface area contributed by atoms with Crippen molar-refractivity contribution in [2.75, 3.05) is 5.88 Å². The summed E-state index contributed by atoms with van der Waals surface area (Å²) in [5.41, 5.74) is 1.29. The maximum Gasteiger partial charge on any atom is 0.0521 e. The zero-order valence-electron chi connectivity index (χ0n) is 8.83. The van der Waals surface area contributed by atoms with Gasteiger partial charge in [0.05, 0.1) is 6.20 Å². The van der Waals surface area contributed by atoms with Gasteiger partial charge in [-0.15, -0.1) is 18.2 Å². The lowest BCUT2D eigenvalue weighted by Crippen LogP contribution is -2.15. The summed E-state index contributed by atoms with van der Waals surface area (Å²) in [4.78, 5) is 0.